The molecule has 1 aromatic rings. The van der Waals surface area contributed by atoms with Crippen molar-refractivity contribution in [1.82, 2.24) is 15.5 Å². The Morgan fingerprint density at radius 2 is 1.84 bits per heavy atom. The van der Waals surface area contributed by atoms with Crippen molar-refractivity contribution in [1.29, 1.82) is 0 Å². The van der Waals surface area contributed by atoms with Crippen molar-refractivity contribution in [2.45, 2.75) is 50.6 Å². The number of piperazine rings is 1. The minimum atomic E-state index is -0.834. The van der Waals surface area contributed by atoms with Gasteiger partial charge in [0.25, 0.3) is 0 Å². The van der Waals surface area contributed by atoms with Gasteiger partial charge in [0.15, 0.2) is 0 Å². The number of esters is 1. The summed E-state index contributed by atoms with van der Waals surface area (Å²) >= 11 is 0. The van der Waals surface area contributed by atoms with Gasteiger partial charge in [0.05, 0.1) is 14.2 Å². The van der Waals surface area contributed by atoms with E-state index in [1.807, 2.05) is 12.1 Å². The van der Waals surface area contributed by atoms with Crippen LogP contribution in [-0.2, 0) is 25.5 Å². The van der Waals surface area contributed by atoms with E-state index in [0.29, 0.717) is 31.8 Å². The minimum absolute atomic E-state index is 0.00199. The number of nitrogens with one attached hydrogen (secondary N) is 2. The maximum absolute atomic E-state index is 13.1. The van der Waals surface area contributed by atoms with Gasteiger partial charge in [-0.25, -0.2) is 4.79 Å². The molecule has 8 nitrogen and oxygen atoms in total. The second kappa shape index (κ2) is 11.1. The number of ether oxygens (including phenoxy) is 2. The number of carbonyl (C=O) groups is 3. The van der Waals surface area contributed by atoms with Gasteiger partial charge >= 0.3 is 5.97 Å². The molecule has 31 heavy (non-hydrogen) atoms. The highest BCUT2D eigenvalue weighted by atomic mass is 16.5. The van der Waals surface area contributed by atoms with Crippen LogP contribution >= 0.6 is 0 Å². The smallest absolute Gasteiger partial charge is 0.328 e. The quantitative estimate of drug-likeness (QED) is 0.632. The summed E-state index contributed by atoms with van der Waals surface area (Å²) in [5.41, 5.74) is 0.869. The van der Waals surface area contributed by atoms with E-state index < -0.39 is 18.1 Å². The van der Waals surface area contributed by atoms with Gasteiger partial charge < -0.3 is 25.0 Å². The van der Waals surface area contributed by atoms with Gasteiger partial charge in [-0.3, -0.25) is 9.59 Å². The first kappa shape index (κ1) is 23.1. The number of amides is 2. The Hall–Kier alpha value is -2.61. The van der Waals surface area contributed by atoms with Crippen LogP contribution in [0.4, 0.5) is 0 Å². The summed E-state index contributed by atoms with van der Waals surface area (Å²) < 4.78 is 10.1. The van der Waals surface area contributed by atoms with Crippen molar-refractivity contribution in [3.63, 3.8) is 0 Å². The largest absolute Gasteiger partial charge is 0.497 e. The number of hydrogen-bond acceptors (Lipinski definition) is 6. The average molecular weight is 432 g/mol. The molecule has 0 spiro atoms. The lowest BCUT2D eigenvalue weighted by Gasteiger charge is -2.38. The highest BCUT2D eigenvalue weighted by molar-refractivity contribution is 5.91. The Balaban J connectivity index is 1.69. The molecule has 2 amide bonds. The first-order valence-electron chi connectivity index (χ1n) is 11.1. The van der Waals surface area contributed by atoms with Gasteiger partial charge in [-0.15, -0.1) is 0 Å². The molecule has 8 heteroatoms. The Kier molecular flexibility index (Phi) is 8.28. The van der Waals surface area contributed by atoms with Gasteiger partial charge in [-0.2, -0.15) is 0 Å². The molecule has 2 N–H and O–H groups in total. The average Bonchev–Trinajstić information content (AvgIpc) is 2.83. The summed E-state index contributed by atoms with van der Waals surface area (Å²) in [6, 6.07) is 5.84. The van der Waals surface area contributed by atoms with Crippen LogP contribution in [0.15, 0.2) is 24.3 Å². The molecule has 0 radical (unpaired) electrons. The molecule has 0 aromatic heterocycles. The second-order valence-electron chi connectivity index (χ2n) is 8.22. The number of carbonyl (C=O) groups excluding carboxylic acids is 3. The summed E-state index contributed by atoms with van der Waals surface area (Å²) in [5, 5.41) is 6.02. The number of nitrogens with zero attached hydrogens (tertiary/aromatic N) is 1. The van der Waals surface area contributed by atoms with E-state index in [2.05, 4.69) is 10.6 Å². The van der Waals surface area contributed by atoms with E-state index in [9.17, 15) is 14.4 Å². The molecule has 2 atom stereocenters. The maximum Gasteiger partial charge on any atom is 0.328 e. The van der Waals surface area contributed by atoms with E-state index in [4.69, 9.17) is 9.47 Å². The van der Waals surface area contributed by atoms with Crippen molar-refractivity contribution in [2.75, 3.05) is 33.9 Å². The lowest BCUT2D eigenvalue weighted by atomic mass is 9.87. The van der Waals surface area contributed by atoms with Crippen LogP contribution in [0.3, 0.4) is 0 Å². The highest BCUT2D eigenvalue weighted by Crippen LogP contribution is 2.26. The van der Waals surface area contributed by atoms with Crippen molar-refractivity contribution in [2.24, 2.45) is 5.92 Å². The molecule has 1 heterocycles. The summed E-state index contributed by atoms with van der Waals surface area (Å²) in [6.45, 7) is 1.53. The molecule has 1 saturated carbocycles. The fourth-order valence-electron chi connectivity index (χ4n) is 4.39. The zero-order chi connectivity index (χ0) is 22.2. The Bertz CT molecular complexity index is 761. The molecule has 2 fully saturated rings. The van der Waals surface area contributed by atoms with Crippen molar-refractivity contribution >= 4 is 17.8 Å². The van der Waals surface area contributed by atoms with E-state index in [1.165, 1.54) is 13.5 Å². The third-order valence-electron chi connectivity index (χ3n) is 6.18. The highest BCUT2D eigenvalue weighted by Gasteiger charge is 2.37. The number of benzene rings is 1. The molecule has 0 bridgehead atoms. The number of rotatable bonds is 7. The molecule has 0 unspecified atom stereocenters. The van der Waals surface area contributed by atoms with E-state index in [0.717, 1.165) is 31.2 Å². The normalized spacial score (nSPS) is 20.6. The zero-order valence-electron chi connectivity index (χ0n) is 18.4. The van der Waals surface area contributed by atoms with Crippen LogP contribution in [0.1, 0.15) is 37.7 Å². The zero-order valence-corrected chi connectivity index (χ0v) is 18.4. The van der Waals surface area contributed by atoms with Crippen LogP contribution in [-0.4, -0.2) is 68.6 Å². The van der Waals surface area contributed by atoms with E-state index in [1.54, 1.807) is 24.1 Å². The Morgan fingerprint density at radius 3 is 2.48 bits per heavy atom. The van der Waals surface area contributed by atoms with Crippen molar-refractivity contribution in [3.8, 4) is 5.75 Å². The summed E-state index contributed by atoms with van der Waals surface area (Å²) in [7, 11) is 2.89. The molecule has 1 saturated heterocycles. The Labute approximate surface area is 183 Å². The van der Waals surface area contributed by atoms with Crippen LogP contribution < -0.4 is 15.4 Å². The maximum atomic E-state index is 13.1. The van der Waals surface area contributed by atoms with Gasteiger partial charge in [0.2, 0.25) is 11.8 Å². The third-order valence-corrected chi connectivity index (χ3v) is 6.18. The third kappa shape index (κ3) is 5.97. The van der Waals surface area contributed by atoms with Gasteiger partial charge in [-0.05, 0) is 30.5 Å². The van der Waals surface area contributed by atoms with E-state index >= 15 is 0 Å². The standard InChI is InChI=1S/C23H33N3O5/c1-30-18-10-8-16(9-11-18)14-19(23(29)31-2)25-21(27)20-15-24-12-13-26(20)22(28)17-6-4-3-5-7-17/h8-11,17,19-20,24H,3-7,12-15H2,1-2H3,(H,25,27)/t19-,20-/m0/s1. The molecular weight excluding hydrogens is 398 g/mol. The Morgan fingerprint density at radius 1 is 1.13 bits per heavy atom. The molecule has 2 aliphatic rings. The molecular formula is C23H33N3O5. The van der Waals surface area contributed by atoms with Crippen LogP contribution in [0.25, 0.3) is 0 Å². The predicted octanol–water partition coefficient (Wildman–Crippen LogP) is 1.28. The molecule has 1 aliphatic heterocycles. The lowest BCUT2D eigenvalue weighted by Crippen LogP contribution is -2.62. The van der Waals surface area contributed by atoms with Gasteiger partial charge in [0, 0.05) is 32.0 Å². The molecule has 1 aliphatic carbocycles. The molecule has 1 aromatic carbocycles. The summed E-state index contributed by atoms with van der Waals surface area (Å²) in [5.74, 6) is -0.0742. The lowest BCUT2D eigenvalue weighted by molar-refractivity contribution is -0.148. The summed E-state index contributed by atoms with van der Waals surface area (Å²) in [6.07, 6.45) is 5.36. The second-order valence-corrected chi connectivity index (χ2v) is 8.22. The number of hydrogen-bond donors (Lipinski definition) is 2. The van der Waals surface area contributed by atoms with Gasteiger partial charge in [0.1, 0.15) is 17.8 Å². The van der Waals surface area contributed by atoms with E-state index in [-0.39, 0.29) is 17.7 Å². The molecule has 3 rings (SSSR count). The molecule has 170 valence electrons. The fraction of sp³-hybridized carbons (Fsp3) is 0.609. The van der Waals surface area contributed by atoms with Crippen molar-refractivity contribution < 1.29 is 23.9 Å². The van der Waals surface area contributed by atoms with Crippen molar-refractivity contribution in [3.05, 3.63) is 29.8 Å². The van der Waals surface area contributed by atoms with Crippen LogP contribution in [0.2, 0.25) is 0 Å². The fourth-order valence-corrected chi connectivity index (χ4v) is 4.39. The predicted molar refractivity (Wildman–Crippen MR) is 116 cm³/mol. The first-order valence-corrected chi connectivity index (χ1v) is 11.1. The van der Waals surface area contributed by atoms with Gasteiger partial charge in [-0.1, -0.05) is 31.4 Å². The summed E-state index contributed by atoms with van der Waals surface area (Å²) in [4.78, 5) is 40.3. The minimum Gasteiger partial charge on any atom is -0.497 e. The number of methoxy groups -OCH3 is 2. The topological polar surface area (TPSA) is 97.0 Å². The van der Waals surface area contributed by atoms with Crippen LogP contribution in [0, 0.1) is 5.92 Å². The van der Waals surface area contributed by atoms with Crippen LogP contribution in [0.5, 0.6) is 5.75 Å². The first-order chi connectivity index (χ1) is 15.0. The monoisotopic (exact) mass is 431 g/mol. The SMILES string of the molecule is COC(=O)[C@H](Cc1ccc(OC)cc1)NC(=O)[C@@H]1CNCCN1C(=O)C1CCCCC1.